The molecule has 1 aliphatic heterocycles. The van der Waals surface area contributed by atoms with Crippen LogP contribution in [-0.4, -0.2) is 32.9 Å². The monoisotopic (exact) mass is 258 g/mol. The van der Waals surface area contributed by atoms with Crippen molar-refractivity contribution in [2.45, 2.75) is 32.2 Å². The fraction of sp³-hybridized carbons (Fsp3) is 0.500. The molecule has 100 valence electrons. The van der Waals surface area contributed by atoms with Crippen LogP contribution in [0.25, 0.3) is 0 Å². The van der Waals surface area contributed by atoms with Gasteiger partial charge in [0.1, 0.15) is 12.1 Å². The average molecular weight is 258 g/mol. The zero-order valence-corrected chi connectivity index (χ0v) is 11.1. The van der Waals surface area contributed by atoms with E-state index in [1.807, 2.05) is 19.2 Å². The molecule has 0 unspecified atom stereocenters. The maximum absolute atomic E-state index is 5.39. The van der Waals surface area contributed by atoms with E-state index in [4.69, 9.17) is 4.42 Å². The third-order valence-electron chi connectivity index (χ3n) is 3.60. The second-order valence-electron chi connectivity index (χ2n) is 5.04. The summed E-state index contributed by atoms with van der Waals surface area (Å²) in [7, 11) is 0. The number of rotatable bonds is 3. The van der Waals surface area contributed by atoms with Gasteiger partial charge in [0, 0.05) is 17.8 Å². The first-order valence-electron chi connectivity index (χ1n) is 6.71. The SMILES string of the molecule is Cc1ccnc(CN2CCC(c3ncco3)CC2)n1. The van der Waals surface area contributed by atoms with Crippen LogP contribution in [0.3, 0.4) is 0 Å². The van der Waals surface area contributed by atoms with E-state index in [2.05, 4.69) is 19.9 Å². The van der Waals surface area contributed by atoms with Crippen molar-refractivity contribution >= 4 is 0 Å². The van der Waals surface area contributed by atoms with Gasteiger partial charge in [0.05, 0.1) is 12.7 Å². The smallest absolute Gasteiger partial charge is 0.197 e. The lowest BCUT2D eigenvalue weighted by molar-refractivity contribution is 0.189. The molecule has 0 aromatic carbocycles. The predicted octanol–water partition coefficient (Wildman–Crippen LogP) is 2.15. The minimum absolute atomic E-state index is 0.463. The Morgan fingerprint density at radius 2 is 2.11 bits per heavy atom. The van der Waals surface area contributed by atoms with Gasteiger partial charge in [-0.25, -0.2) is 15.0 Å². The number of aryl methyl sites for hydroxylation is 1. The first-order chi connectivity index (χ1) is 9.31. The van der Waals surface area contributed by atoms with Gasteiger partial charge in [-0.1, -0.05) is 0 Å². The van der Waals surface area contributed by atoms with Gasteiger partial charge < -0.3 is 4.42 Å². The average Bonchev–Trinajstić information content (AvgIpc) is 2.94. The van der Waals surface area contributed by atoms with Gasteiger partial charge in [0.25, 0.3) is 0 Å². The van der Waals surface area contributed by atoms with Crippen LogP contribution in [0.4, 0.5) is 0 Å². The van der Waals surface area contributed by atoms with Crippen LogP contribution in [-0.2, 0) is 6.54 Å². The number of likely N-dealkylation sites (tertiary alicyclic amines) is 1. The zero-order chi connectivity index (χ0) is 13.1. The molecule has 0 radical (unpaired) electrons. The summed E-state index contributed by atoms with van der Waals surface area (Å²) in [5.74, 6) is 2.26. The van der Waals surface area contributed by atoms with Crippen LogP contribution < -0.4 is 0 Å². The van der Waals surface area contributed by atoms with Gasteiger partial charge in [-0.15, -0.1) is 0 Å². The lowest BCUT2D eigenvalue weighted by atomic mass is 9.97. The maximum Gasteiger partial charge on any atom is 0.197 e. The third-order valence-corrected chi connectivity index (χ3v) is 3.60. The van der Waals surface area contributed by atoms with Crippen LogP contribution in [0.5, 0.6) is 0 Å². The molecule has 1 fully saturated rings. The molecule has 0 amide bonds. The Bertz CT molecular complexity index is 518. The first kappa shape index (κ1) is 12.3. The van der Waals surface area contributed by atoms with Crippen molar-refractivity contribution in [1.29, 1.82) is 0 Å². The van der Waals surface area contributed by atoms with E-state index in [0.29, 0.717) is 5.92 Å². The molecular formula is C14H18N4O. The maximum atomic E-state index is 5.39. The molecule has 3 rings (SSSR count). The summed E-state index contributed by atoms with van der Waals surface area (Å²) in [6, 6.07) is 1.93. The summed E-state index contributed by atoms with van der Waals surface area (Å²) in [6.07, 6.45) is 7.39. The van der Waals surface area contributed by atoms with E-state index >= 15 is 0 Å². The highest BCUT2D eigenvalue weighted by Crippen LogP contribution is 2.26. The summed E-state index contributed by atoms with van der Waals surface area (Å²) in [4.78, 5) is 15.4. The van der Waals surface area contributed by atoms with Gasteiger partial charge in [0.15, 0.2) is 5.89 Å². The Balaban J connectivity index is 1.56. The highest BCUT2D eigenvalue weighted by molar-refractivity contribution is 5.00. The summed E-state index contributed by atoms with van der Waals surface area (Å²) in [5, 5.41) is 0. The fourth-order valence-corrected chi connectivity index (χ4v) is 2.55. The van der Waals surface area contributed by atoms with Gasteiger partial charge in [-0.3, -0.25) is 4.90 Å². The summed E-state index contributed by atoms with van der Waals surface area (Å²) in [5.41, 5.74) is 1.03. The topological polar surface area (TPSA) is 55.1 Å². The Morgan fingerprint density at radius 3 is 2.79 bits per heavy atom. The Labute approximate surface area is 112 Å². The Hall–Kier alpha value is -1.75. The van der Waals surface area contributed by atoms with Gasteiger partial charge in [0.2, 0.25) is 0 Å². The number of aromatic nitrogens is 3. The standard InChI is InChI=1S/C14H18N4O/c1-11-2-5-15-13(17-11)10-18-7-3-12(4-8-18)14-16-6-9-19-14/h2,5-6,9,12H,3-4,7-8,10H2,1H3. The molecule has 1 saturated heterocycles. The molecule has 0 bridgehead atoms. The first-order valence-corrected chi connectivity index (χ1v) is 6.71. The number of nitrogens with zero attached hydrogens (tertiary/aromatic N) is 4. The minimum atomic E-state index is 0.463. The Morgan fingerprint density at radius 1 is 1.26 bits per heavy atom. The van der Waals surface area contributed by atoms with Crippen LogP contribution in [0.2, 0.25) is 0 Å². The molecule has 0 saturated carbocycles. The van der Waals surface area contributed by atoms with E-state index in [-0.39, 0.29) is 0 Å². The van der Waals surface area contributed by atoms with Crippen molar-refractivity contribution in [3.05, 3.63) is 42.1 Å². The van der Waals surface area contributed by atoms with Gasteiger partial charge in [-0.05, 0) is 38.9 Å². The zero-order valence-electron chi connectivity index (χ0n) is 11.1. The van der Waals surface area contributed by atoms with Crippen molar-refractivity contribution in [2.24, 2.45) is 0 Å². The van der Waals surface area contributed by atoms with E-state index in [1.165, 1.54) is 0 Å². The highest BCUT2D eigenvalue weighted by atomic mass is 16.3. The number of oxazole rings is 1. The van der Waals surface area contributed by atoms with Gasteiger partial charge >= 0.3 is 0 Å². The number of hydrogen-bond acceptors (Lipinski definition) is 5. The molecule has 5 nitrogen and oxygen atoms in total. The summed E-state index contributed by atoms with van der Waals surface area (Å²) < 4.78 is 5.39. The summed E-state index contributed by atoms with van der Waals surface area (Å²) in [6.45, 7) is 4.93. The lowest BCUT2D eigenvalue weighted by Crippen LogP contribution is -2.33. The molecule has 3 heterocycles. The second-order valence-corrected chi connectivity index (χ2v) is 5.04. The fourth-order valence-electron chi connectivity index (χ4n) is 2.55. The molecule has 5 heteroatoms. The van der Waals surface area contributed by atoms with E-state index in [9.17, 15) is 0 Å². The van der Waals surface area contributed by atoms with Crippen LogP contribution in [0.15, 0.2) is 29.1 Å². The Kier molecular flexibility index (Phi) is 3.55. The lowest BCUT2D eigenvalue weighted by Gasteiger charge is -2.29. The van der Waals surface area contributed by atoms with Crippen molar-refractivity contribution in [3.63, 3.8) is 0 Å². The minimum Gasteiger partial charge on any atom is -0.449 e. The molecule has 0 aliphatic carbocycles. The van der Waals surface area contributed by atoms with Gasteiger partial charge in [-0.2, -0.15) is 0 Å². The van der Waals surface area contributed by atoms with Crippen LogP contribution >= 0.6 is 0 Å². The molecule has 19 heavy (non-hydrogen) atoms. The van der Waals surface area contributed by atoms with Crippen LogP contribution in [0, 0.1) is 6.92 Å². The van der Waals surface area contributed by atoms with Crippen molar-refractivity contribution < 1.29 is 4.42 Å². The molecule has 2 aromatic heterocycles. The predicted molar refractivity (Wildman–Crippen MR) is 70.5 cm³/mol. The van der Waals surface area contributed by atoms with Crippen molar-refractivity contribution in [2.75, 3.05) is 13.1 Å². The highest BCUT2D eigenvalue weighted by Gasteiger charge is 2.23. The number of piperidine rings is 1. The van der Waals surface area contributed by atoms with E-state index in [0.717, 1.165) is 49.9 Å². The van der Waals surface area contributed by atoms with Crippen LogP contribution in [0.1, 0.15) is 36.2 Å². The van der Waals surface area contributed by atoms with Crippen molar-refractivity contribution in [3.8, 4) is 0 Å². The molecule has 2 aromatic rings. The summed E-state index contributed by atoms with van der Waals surface area (Å²) >= 11 is 0. The normalized spacial score (nSPS) is 17.7. The molecular weight excluding hydrogens is 240 g/mol. The largest absolute Gasteiger partial charge is 0.449 e. The second kappa shape index (κ2) is 5.48. The molecule has 1 aliphatic rings. The van der Waals surface area contributed by atoms with E-state index in [1.54, 1.807) is 12.5 Å². The van der Waals surface area contributed by atoms with E-state index < -0.39 is 0 Å². The quantitative estimate of drug-likeness (QED) is 0.844. The molecule has 0 atom stereocenters. The molecule has 0 N–H and O–H groups in total. The third kappa shape index (κ3) is 2.98. The molecule has 0 spiro atoms. The number of hydrogen-bond donors (Lipinski definition) is 0. The van der Waals surface area contributed by atoms with Crippen molar-refractivity contribution in [1.82, 2.24) is 19.9 Å².